The molecule has 1 aromatic heterocycles. The van der Waals surface area contributed by atoms with E-state index < -0.39 is 17.9 Å². The van der Waals surface area contributed by atoms with E-state index in [1.54, 1.807) is 43.3 Å². The highest BCUT2D eigenvalue weighted by Crippen LogP contribution is 2.24. The average molecular weight is 380 g/mol. The van der Waals surface area contributed by atoms with Crippen LogP contribution in [0, 0.1) is 5.41 Å². The molecule has 0 aliphatic carbocycles. The summed E-state index contributed by atoms with van der Waals surface area (Å²) in [5.41, 5.74) is 9.23. The lowest BCUT2D eigenvalue weighted by Crippen LogP contribution is -2.42. The van der Waals surface area contributed by atoms with Crippen molar-refractivity contribution in [3.8, 4) is 0 Å². The predicted octanol–water partition coefficient (Wildman–Crippen LogP) is 2.80. The summed E-state index contributed by atoms with van der Waals surface area (Å²) in [6, 6.07) is 11.3. The molecule has 8 nitrogen and oxygen atoms in total. The van der Waals surface area contributed by atoms with E-state index in [4.69, 9.17) is 20.4 Å². The van der Waals surface area contributed by atoms with E-state index in [2.05, 4.69) is 10.8 Å². The molecule has 28 heavy (non-hydrogen) atoms. The van der Waals surface area contributed by atoms with Gasteiger partial charge in [0.15, 0.2) is 0 Å². The van der Waals surface area contributed by atoms with Gasteiger partial charge in [-0.25, -0.2) is 10.3 Å². The highest BCUT2D eigenvalue weighted by atomic mass is 16.7. The Labute approximate surface area is 161 Å². The number of rotatable bonds is 7. The normalized spacial score (nSPS) is 11.6. The molecule has 0 fully saturated rings. The number of nitrogen functional groups attached to an aromatic ring is 1. The van der Waals surface area contributed by atoms with Crippen LogP contribution in [0.5, 0.6) is 0 Å². The van der Waals surface area contributed by atoms with Crippen LogP contribution in [0.15, 0.2) is 59.4 Å². The smallest absolute Gasteiger partial charge is 0.354 e. The number of benzene rings is 2. The van der Waals surface area contributed by atoms with Gasteiger partial charge in [-0.3, -0.25) is 10.2 Å². The first kappa shape index (κ1) is 19.0. The van der Waals surface area contributed by atoms with Gasteiger partial charge in [-0.1, -0.05) is 31.2 Å². The zero-order valence-electron chi connectivity index (χ0n) is 15.2. The van der Waals surface area contributed by atoms with Crippen molar-refractivity contribution < 1.29 is 18.8 Å². The maximum atomic E-state index is 12.9. The van der Waals surface area contributed by atoms with Crippen LogP contribution < -0.4 is 16.5 Å². The van der Waals surface area contributed by atoms with Gasteiger partial charge in [-0.2, -0.15) is 0 Å². The summed E-state index contributed by atoms with van der Waals surface area (Å²) < 4.78 is 5.16. The van der Waals surface area contributed by atoms with Gasteiger partial charge in [-0.05, 0) is 24.6 Å². The summed E-state index contributed by atoms with van der Waals surface area (Å²) in [6.45, 7) is 1.75. The van der Waals surface area contributed by atoms with Crippen LogP contribution in [-0.2, 0) is 9.63 Å². The van der Waals surface area contributed by atoms with E-state index in [1.807, 2.05) is 6.07 Å². The molecule has 0 saturated heterocycles. The Morgan fingerprint density at radius 3 is 2.61 bits per heavy atom. The van der Waals surface area contributed by atoms with Gasteiger partial charge >= 0.3 is 5.97 Å². The summed E-state index contributed by atoms with van der Waals surface area (Å²) in [6.07, 6.45) is 3.22. The number of hydrogen-bond donors (Lipinski definition) is 4. The molecule has 144 valence electrons. The van der Waals surface area contributed by atoms with Crippen molar-refractivity contribution in [3.63, 3.8) is 0 Å². The quantitative estimate of drug-likeness (QED) is 0.283. The molecule has 1 heterocycles. The summed E-state index contributed by atoms with van der Waals surface area (Å²) in [7, 11) is 0. The lowest BCUT2D eigenvalue weighted by molar-refractivity contribution is -0.143. The third-order valence-corrected chi connectivity index (χ3v) is 4.22. The zero-order chi connectivity index (χ0) is 20.1. The fourth-order valence-corrected chi connectivity index (χ4v) is 2.75. The molecule has 1 unspecified atom stereocenters. The van der Waals surface area contributed by atoms with E-state index in [9.17, 15) is 9.59 Å². The number of fused-ring (bicyclic) bond motifs is 1. The predicted molar refractivity (Wildman–Crippen MR) is 105 cm³/mol. The maximum Gasteiger partial charge on any atom is 0.354 e. The molecule has 0 aliphatic heterocycles. The van der Waals surface area contributed by atoms with E-state index in [0.29, 0.717) is 22.9 Å². The molecule has 2 aromatic carbocycles. The highest BCUT2D eigenvalue weighted by molar-refractivity contribution is 6.16. The molecular formula is C20H20N4O4. The van der Waals surface area contributed by atoms with Crippen LogP contribution in [0.4, 0.5) is 5.69 Å². The molecular weight excluding hydrogens is 360 g/mol. The number of furan rings is 1. The van der Waals surface area contributed by atoms with Crippen molar-refractivity contribution in [2.45, 2.75) is 19.4 Å². The van der Waals surface area contributed by atoms with Crippen molar-refractivity contribution >= 4 is 34.2 Å². The molecule has 0 bridgehead atoms. The Hall–Kier alpha value is -3.81. The summed E-state index contributed by atoms with van der Waals surface area (Å²) in [5, 5.41) is 11.6. The molecule has 0 saturated carbocycles. The fourth-order valence-electron chi connectivity index (χ4n) is 2.75. The van der Waals surface area contributed by atoms with Crippen molar-refractivity contribution in [2.75, 3.05) is 5.48 Å². The first-order valence-corrected chi connectivity index (χ1v) is 8.67. The van der Waals surface area contributed by atoms with Gasteiger partial charge in [0.05, 0.1) is 23.8 Å². The third kappa shape index (κ3) is 3.96. The van der Waals surface area contributed by atoms with Gasteiger partial charge in [0, 0.05) is 16.3 Å². The van der Waals surface area contributed by atoms with Crippen LogP contribution in [0.3, 0.4) is 0 Å². The van der Waals surface area contributed by atoms with Crippen LogP contribution in [0.25, 0.3) is 10.8 Å². The molecule has 0 aliphatic rings. The second-order valence-corrected chi connectivity index (χ2v) is 6.10. The number of amidine groups is 1. The minimum Gasteiger partial charge on any atom is -0.471 e. The van der Waals surface area contributed by atoms with Crippen LogP contribution in [0.1, 0.15) is 29.3 Å². The van der Waals surface area contributed by atoms with Crippen molar-refractivity contribution in [1.82, 2.24) is 5.32 Å². The molecule has 5 N–H and O–H groups in total. The zero-order valence-corrected chi connectivity index (χ0v) is 15.2. The summed E-state index contributed by atoms with van der Waals surface area (Å²) in [5.74, 6) is -1.43. The Kier molecular flexibility index (Phi) is 5.59. The summed E-state index contributed by atoms with van der Waals surface area (Å²) >= 11 is 0. The lowest BCUT2D eigenvalue weighted by Gasteiger charge is -2.17. The number of hydrogen-bond acceptors (Lipinski definition) is 6. The second kappa shape index (κ2) is 8.26. The number of nitrogens with two attached hydrogens (primary N) is 1. The number of para-hydroxylation sites is 1. The number of anilines is 1. The number of amides is 1. The van der Waals surface area contributed by atoms with Gasteiger partial charge in [0.1, 0.15) is 11.9 Å². The van der Waals surface area contributed by atoms with E-state index in [0.717, 1.165) is 0 Å². The van der Waals surface area contributed by atoms with Gasteiger partial charge in [0.2, 0.25) is 0 Å². The first-order chi connectivity index (χ1) is 13.5. The first-order valence-electron chi connectivity index (χ1n) is 8.67. The van der Waals surface area contributed by atoms with Crippen LogP contribution >= 0.6 is 0 Å². The largest absolute Gasteiger partial charge is 0.471 e. The minimum atomic E-state index is -0.884. The van der Waals surface area contributed by atoms with Gasteiger partial charge in [0.25, 0.3) is 5.91 Å². The number of carbonyl (C=O) groups excluding carboxylic acids is 2. The Morgan fingerprint density at radius 1 is 1.18 bits per heavy atom. The van der Waals surface area contributed by atoms with Crippen LogP contribution in [-0.4, -0.2) is 23.8 Å². The van der Waals surface area contributed by atoms with E-state index in [1.165, 1.54) is 12.5 Å². The average Bonchev–Trinajstić information content (AvgIpc) is 3.18. The number of carbonyl (C=O) groups is 2. The standard InChI is InChI=1S/C20H20N4O4/c1-2-16(20(26)28-24-13-6-4-3-5-7-13)23-19(25)17-14(18(21)22)9-8-12-10-27-11-15(12)17/h3-11,16,24H,2H2,1H3,(H3,21,22)(H,23,25). The molecule has 3 aromatic rings. The van der Waals surface area contributed by atoms with Crippen molar-refractivity contribution in [1.29, 1.82) is 5.41 Å². The molecule has 0 spiro atoms. The molecule has 8 heteroatoms. The lowest BCUT2D eigenvalue weighted by atomic mass is 10.00. The monoisotopic (exact) mass is 380 g/mol. The fraction of sp³-hybridized carbons (Fsp3) is 0.150. The molecule has 1 atom stereocenters. The minimum absolute atomic E-state index is 0.181. The van der Waals surface area contributed by atoms with Gasteiger partial charge in [-0.15, -0.1) is 0 Å². The Balaban J connectivity index is 1.78. The highest BCUT2D eigenvalue weighted by Gasteiger charge is 2.25. The van der Waals surface area contributed by atoms with Crippen molar-refractivity contribution in [2.24, 2.45) is 5.73 Å². The van der Waals surface area contributed by atoms with Crippen molar-refractivity contribution in [3.05, 3.63) is 66.1 Å². The Bertz CT molecular complexity index is 1010. The van der Waals surface area contributed by atoms with E-state index in [-0.39, 0.29) is 17.0 Å². The second-order valence-electron chi connectivity index (χ2n) is 6.10. The van der Waals surface area contributed by atoms with Crippen LogP contribution in [0.2, 0.25) is 0 Å². The topological polar surface area (TPSA) is 130 Å². The molecule has 0 radical (unpaired) electrons. The third-order valence-electron chi connectivity index (χ3n) is 4.22. The molecule has 1 amide bonds. The summed E-state index contributed by atoms with van der Waals surface area (Å²) in [4.78, 5) is 30.3. The number of nitrogens with one attached hydrogen (secondary N) is 3. The van der Waals surface area contributed by atoms with E-state index >= 15 is 0 Å². The SMILES string of the molecule is CCC(NC(=O)c1c(C(=N)N)ccc2cocc12)C(=O)ONc1ccccc1. The maximum absolute atomic E-state index is 12.9. The Morgan fingerprint density at radius 2 is 1.93 bits per heavy atom. The van der Waals surface area contributed by atoms with Gasteiger partial charge < -0.3 is 20.3 Å². The molecule has 3 rings (SSSR count).